The molecular weight excluding hydrogens is 513 g/mol. The summed E-state index contributed by atoms with van der Waals surface area (Å²) in [6, 6.07) is 12.4. The van der Waals surface area contributed by atoms with E-state index in [9.17, 15) is 19.6 Å². The smallest absolute Gasteiger partial charge is 0.323 e. The minimum Gasteiger partial charge on any atom is -0.489 e. The molecular formula is C30H30FN5O4. The molecule has 5 rings (SSSR count). The quantitative estimate of drug-likeness (QED) is 0.364. The van der Waals surface area contributed by atoms with Crippen LogP contribution >= 0.6 is 0 Å². The second-order valence-corrected chi connectivity index (χ2v) is 9.76. The lowest BCUT2D eigenvalue weighted by atomic mass is 10.1. The molecule has 3 N–H and O–H groups in total. The number of urea groups is 1. The summed E-state index contributed by atoms with van der Waals surface area (Å²) in [5.41, 5.74) is 2.03. The minimum absolute atomic E-state index is 0.0877. The largest absolute Gasteiger partial charge is 0.489 e. The van der Waals surface area contributed by atoms with E-state index >= 15 is 0 Å². The maximum atomic E-state index is 13.1. The first-order valence-electron chi connectivity index (χ1n) is 13.2. The molecule has 0 saturated carbocycles. The maximum Gasteiger partial charge on any atom is 0.323 e. The van der Waals surface area contributed by atoms with Gasteiger partial charge in [-0.2, -0.15) is 5.26 Å². The SMILES string of the molecule is N#Cc1cc2c(OC3C=CC(NC(=O)Nc4ccc(F)cc4)=CC3)ccnc2cc1OC[C@H](O)CN1CCCC1. The van der Waals surface area contributed by atoms with Crippen molar-refractivity contribution in [3.05, 3.63) is 84.0 Å². The number of β-amino-alcohol motifs (C(OH)–C–C–N with tert-alkyl or cyclic N) is 1. The van der Waals surface area contributed by atoms with Crippen molar-refractivity contribution in [3.63, 3.8) is 0 Å². The van der Waals surface area contributed by atoms with E-state index in [2.05, 4.69) is 26.6 Å². The molecule has 0 spiro atoms. The highest BCUT2D eigenvalue weighted by atomic mass is 19.1. The number of hydrogen-bond donors (Lipinski definition) is 3. The van der Waals surface area contributed by atoms with Crippen LogP contribution in [0.3, 0.4) is 0 Å². The van der Waals surface area contributed by atoms with E-state index in [-0.39, 0.29) is 18.5 Å². The molecule has 1 aliphatic carbocycles. The Labute approximate surface area is 231 Å². The first kappa shape index (κ1) is 27.1. The van der Waals surface area contributed by atoms with Crippen molar-refractivity contribution in [2.24, 2.45) is 0 Å². The molecule has 2 aliphatic rings. The van der Waals surface area contributed by atoms with E-state index in [0.717, 1.165) is 25.9 Å². The van der Waals surface area contributed by atoms with Gasteiger partial charge >= 0.3 is 6.03 Å². The number of hydrogen-bond acceptors (Lipinski definition) is 7. The molecule has 2 atom stereocenters. The Morgan fingerprint density at radius 2 is 1.98 bits per heavy atom. The van der Waals surface area contributed by atoms with E-state index < -0.39 is 12.1 Å². The zero-order valence-electron chi connectivity index (χ0n) is 21.8. The Hall–Kier alpha value is -4.46. The van der Waals surface area contributed by atoms with Crippen LogP contribution in [0.5, 0.6) is 11.5 Å². The summed E-state index contributed by atoms with van der Waals surface area (Å²) < 4.78 is 25.1. The normalized spacial score (nSPS) is 17.6. The Bertz CT molecular complexity index is 1460. The Morgan fingerprint density at radius 3 is 2.70 bits per heavy atom. The van der Waals surface area contributed by atoms with Crippen molar-refractivity contribution in [2.45, 2.75) is 31.5 Å². The van der Waals surface area contributed by atoms with Crippen molar-refractivity contribution < 1.29 is 23.8 Å². The number of aliphatic hydroxyl groups excluding tert-OH is 1. The maximum absolute atomic E-state index is 13.1. The number of amides is 2. The molecule has 206 valence electrons. The average molecular weight is 544 g/mol. The number of allylic oxidation sites excluding steroid dienone is 1. The molecule has 3 aromatic rings. The van der Waals surface area contributed by atoms with Crippen LogP contribution in [0.1, 0.15) is 24.8 Å². The molecule has 9 nitrogen and oxygen atoms in total. The number of nitriles is 1. The summed E-state index contributed by atoms with van der Waals surface area (Å²) in [7, 11) is 0. The van der Waals surface area contributed by atoms with Crippen molar-refractivity contribution >= 4 is 22.6 Å². The summed E-state index contributed by atoms with van der Waals surface area (Å²) >= 11 is 0. The lowest BCUT2D eigenvalue weighted by Crippen LogP contribution is -2.33. The van der Waals surface area contributed by atoms with Gasteiger partial charge < -0.3 is 30.1 Å². The lowest BCUT2D eigenvalue weighted by Gasteiger charge is -2.21. The number of likely N-dealkylation sites (tertiary alicyclic amines) is 1. The van der Waals surface area contributed by atoms with Crippen LogP contribution in [0.25, 0.3) is 10.9 Å². The number of fused-ring (bicyclic) bond motifs is 1. The number of nitrogens with zero attached hydrogens (tertiary/aromatic N) is 3. The highest BCUT2D eigenvalue weighted by Gasteiger charge is 2.19. The minimum atomic E-state index is -0.650. The van der Waals surface area contributed by atoms with Crippen molar-refractivity contribution in [1.29, 1.82) is 5.26 Å². The van der Waals surface area contributed by atoms with E-state index in [1.54, 1.807) is 30.5 Å². The number of anilines is 1. The highest BCUT2D eigenvalue weighted by molar-refractivity contribution is 5.90. The number of rotatable bonds is 9. The van der Waals surface area contributed by atoms with Crippen LogP contribution in [0.15, 0.2) is 72.6 Å². The van der Waals surface area contributed by atoms with Crippen molar-refractivity contribution in [1.82, 2.24) is 15.2 Å². The molecule has 1 unspecified atom stereocenters. The van der Waals surface area contributed by atoms with Gasteiger partial charge in [-0.25, -0.2) is 9.18 Å². The van der Waals surface area contributed by atoms with Gasteiger partial charge in [0.2, 0.25) is 0 Å². The molecule has 1 aliphatic heterocycles. The molecule has 40 heavy (non-hydrogen) atoms. The summed E-state index contributed by atoms with van der Waals surface area (Å²) in [6.45, 7) is 2.61. The van der Waals surface area contributed by atoms with Crippen molar-refractivity contribution in [2.75, 3.05) is 31.6 Å². The monoisotopic (exact) mass is 543 g/mol. The van der Waals surface area contributed by atoms with Gasteiger partial charge in [-0.15, -0.1) is 0 Å². The van der Waals surface area contributed by atoms with Crippen LogP contribution < -0.4 is 20.1 Å². The zero-order valence-corrected chi connectivity index (χ0v) is 21.8. The zero-order chi connectivity index (χ0) is 27.9. The molecule has 1 aromatic heterocycles. The van der Waals surface area contributed by atoms with Gasteiger partial charge in [0.1, 0.15) is 42.2 Å². The summed E-state index contributed by atoms with van der Waals surface area (Å²) in [5, 5.41) is 26.2. The first-order chi connectivity index (χ1) is 19.5. The second kappa shape index (κ2) is 12.6. The van der Waals surface area contributed by atoms with Gasteiger partial charge in [0.25, 0.3) is 0 Å². The summed E-state index contributed by atoms with van der Waals surface area (Å²) in [5.74, 6) is 0.559. The van der Waals surface area contributed by atoms with E-state index in [4.69, 9.17) is 9.47 Å². The summed E-state index contributed by atoms with van der Waals surface area (Å²) in [6.07, 6.45) is 8.92. The number of benzene rings is 2. The van der Waals surface area contributed by atoms with Gasteiger partial charge in [0, 0.05) is 42.0 Å². The molecule has 2 heterocycles. The van der Waals surface area contributed by atoms with Gasteiger partial charge in [-0.05, 0) is 74.5 Å². The fourth-order valence-corrected chi connectivity index (χ4v) is 4.73. The number of nitrogens with one attached hydrogen (secondary N) is 2. The second-order valence-electron chi connectivity index (χ2n) is 9.76. The number of ether oxygens (including phenoxy) is 2. The summed E-state index contributed by atoms with van der Waals surface area (Å²) in [4.78, 5) is 18.9. The number of carbonyl (C=O) groups is 1. The fourth-order valence-electron chi connectivity index (χ4n) is 4.73. The predicted octanol–water partition coefficient (Wildman–Crippen LogP) is 4.49. The Balaban J connectivity index is 1.19. The standard InChI is InChI=1S/C30H30FN5O4/c31-21-3-5-22(6-4-21)34-30(38)35-23-7-9-25(10-8-23)40-28-11-12-33-27-16-29(20(17-32)15-26(27)28)39-19-24(37)18-36-13-1-2-14-36/h3-9,11-12,15-16,24-25,37H,1-2,10,13-14,18-19H2,(H2,34,35,38)/t24-,25?/m1/s1. The number of carbonyl (C=O) groups excluding carboxylic acids is 1. The van der Waals surface area contributed by atoms with Crippen LogP contribution in [0.2, 0.25) is 0 Å². The van der Waals surface area contributed by atoms with Crippen LogP contribution in [-0.2, 0) is 0 Å². The van der Waals surface area contributed by atoms with Crippen LogP contribution in [-0.4, -0.2) is 59.5 Å². The van der Waals surface area contributed by atoms with Crippen LogP contribution in [0.4, 0.5) is 14.9 Å². The van der Waals surface area contributed by atoms with Crippen LogP contribution in [0, 0.1) is 17.1 Å². The Morgan fingerprint density at radius 1 is 1.18 bits per heavy atom. The molecule has 10 heteroatoms. The van der Waals surface area contributed by atoms with E-state index in [1.165, 1.54) is 24.3 Å². The highest BCUT2D eigenvalue weighted by Crippen LogP contribution is 2.32. The van der Waals surface area contributed by atoms with Crippen molar-refractivity contribution in [3.8, 4) is 17.6 Å². The molecule has 0 bridgehead atoms. The predicted molar refractivity (Wildman–Crippen MR) is 148 cm³/mol. The molecule has 2 aromatic carbocycles. The van der Waals surface area contributed by atoms with E-state index in [0.29, 0.717) is 52.3 Å². The number of aromatic nitrogens is 1. The fraction of sp³-hybridized carbons (Fsp3) is 0.300. The third-order valence-corrected chi connectivity index (χ3v) is 6.72. The third kappa shape index (κ3) is 6.94. The van der Waals surface area contributed by atoms with Gasteiger partial charge in [-0.1, -0.05) is 6.08 Å². The van der Waals surface area contributed by atoms with Gasteiger partial charge in [-0.3, -0.25) is 4.98 Å². The topological polar surface area (TPSA) is 120 Å². The molecule has 2 amide bonds. The average Bonchev–Trinajstić information content (AvgIpc) is 3.47. The lowest BCUT2D eigenvalue weighted by molar-refractivity contribution is 0.0758. The Kier molecular flexibility index (Phi) is 8.54. The van der Waals surface area contributed by atoms with E-state index in [1.807, 2.05) is 12.2 Å². The number of pyridine rings is 1. The van der Waals surface area contributed by atoms with Gasteiger partial charge in [0.15, 0.2) is 0 Å². The number of halogens is 1. The molecule has 0 radical (unpaired) electrons. The third-order valence-electron chi connectivity index (χ3n) is 6.72. The van der Waals surface area contributed by atoms with Gasteiger partial charge in [0.05, 0.1) is 11.1 Å². The molecule has 1 fully saturated rings. The number of aliphatic hydroxyl groups is 1. The molecule has 1 saturated heterocycles. The first-order valence-corrected chi connectivity index (χ1v) is 13.2.